The fourth-order valence-corrected chi connectivity index (χ4v) is 3.74. The number of ether oxygens (including phenoxy) is 1. The number of nitrogens with zero attached hydrogens (tertiary/aromatic N) is 1. The second-order valence-electron chi connectivity index (χ2n) is 5.59. The Morgan fingerprint density at radius 1 is 1.27 bits per heavy atom. The summed E-state index contributed by atoms with van der Waals surface area (Å²) in [6, 6.07) is 7.52. The zero-order valence-corrected chi connectivity index (χ0v) is 16.4. The minimum atomic E-state index is -0.526. The van der Waals surface area contributed by atoms with Crippen molar-refractivity contribution in [2.45, 2.75) is 20.8 Å². The summed E-state index contributed by atoms with van der Waals surface area (Å²) in [6.45, 7) is 5.45. The van der Waals surface area contributed by atoms with E-state index in [9.17, 15) is 14.9 Å². The molecule has 0 unspecified atom stereocenters. The topological polar surface area (TPSA) is 91.2 Å². The van der Waals surface area contributed by atoms with Crippen molar-refractivity contribution in [2.75, 3.05) is 12.4 Å². The normalized spacial score (nSPS) is 9.96. The highest BCUT2D eigenvalue weighted by atomic mass is 32.1. The van der Waals surface area contributed by atoms with Gasteiger partial charge < -0.3 is 10.1 Å². The number of aryl methyl sites for hydroxylation is 2. The first-order valence-electron chi connectivity index (χ1n) is 7.59. The maximum Gasteiger partial charge on any atom is 0.348 e. The molecule has 6 nitrogen and oxygen atoms in total. The van der Waals surface area contributed by atoms with E-state index in [0.717, 1.165) is 22.5 Å². The summed E-state index contributed by atoms with van der Waals surface area (Å²) in [5.41, 5.74) is 3.21. The van der Waals surface area contributed by atoms with E-state index in [1.54, 1.807) is 13.0 Å². The van der Waals surface area contributed by atoms with Crippen LogP contribution in [0.15, 0.2) is 18.2 Å². The van der Waals surface area contributed by atoms with E-state index in [0.29, 0.717) is 26.6 Å². The summed E-state index contributed by atoms with van der Waals surface area (Å²) in [4.78, 5) is 24.5. The predicted octanol–water partition coefficient (Wildman–Crippen LogP) is 3.46. The zero-order valence-electron chi connectivity index (χ0n) is 14.7. The van der Waals surface area contributed by atoms with E-state index >= 15 is 0 Å². The second-order valence-corrected chi connectivity index (χ2v) is 7.02. The molecule has 0 spiro atoms. The molecule has 0 radical (unpaired) electrons. The van der Waals surface area contributed by atoms with Crippen molar-refractivity contribution in [1.82, 2.24) is 5.32 Å². The van der Waals surface area contributed by atoms with E-state index in [2.05, 4.69) is 10.6 Å². The number of thiophene rings is 1. The van der Waals surface area contributed by atoms with Crippen LogP contribution >= 0.6 is 23.6 Å². The molecule has 0 aliphatic carbocycles. The van der Waals surface area contributed by atoms with Crippen molar-refractivity contribution in [3.05, 3.63) is 50.9 Å². The van der Waals surface area contributed by atoms with Gasteiger partial charge in [0.2, 0.25) is 0 Å². The van der Waals surface area contributed by atoms with Gasteiger partial charge in [0.25, 0.3) is 5.91 Å². The maximum absolute atomic E-state index is 12.4. The molecular formula is C18H17N3O3S2. The second kappa shape index (κ2) is 8.08. The first-order valence-corrected chi connectivity index (χ1v) is 8.82. The molecule has 2 N–H and O–H groups in total. The Morgan fingerprint density at radius 3 is 2.54 bits per heavy atom. The van der Waals surface area contributed by atoms with Gasteiger partial charge in [0.05, 0.1) is 12.7 Å². The molecule has 1 amide bonds. The molecule has 1 heterocycles. The standard InChI is InChI=1S/C18H17N3O3S2/c1-9-5-6-12(10(2)7-9)15(22)20-18(25)21-16-13(8-19)11(3)14(26-16)17(23)24-4/h5-7H,1-4H3,(H2,20,21,22,25). The Kier molecular flexibility index (Phi) is 6.08. The lowest BCUT2D eigenvalue weighted by molar-refractivity contribution is 0.0605. The molecule has 1 aromatic carbocycles. The first kappa shape index (κ1) is 19.6. The van der Waals surface area contributed by atoms with Crippen LogP contribution in [0.2, 0.25) is 0 Å². The van der Waals surface area contributed by atoms with Gasteiger partial charge in [0, 0.05) is 5.56 Å². The fourth-order valence-electron chi connectivity index (χ4n) is 2.40. The molecular weight excluding hydrogens is 370 g/mol. The number of benzene rings is 1. The molecule has 2 rings (SSSR count). The molecule has 0 aliphatic rings. The molecule has 0 bridgehead atoms. The minimum absolute atomic E-state index is 0.0455. The molecule has 0 fully saturated rings. The van der Waals surface area contributed by atoms with Crippen LogP contribution in [0.3, 0.4) is 0 Å². The SMILES string of the molecule is COC(=O)c1sc(NC(=S)NC(=O)c2ccc(C)cc2C)c(C#N)c1C. The van der Waals surface area contributed by atoms with Crippen molar-refractivity contribution >= 4 is 45.5 Å². The summed E-state index contributed by atoms with van der Waals surface area (Å²) >= 11 is 6.23. The molecule has 26 heavy (non-hydrogen) atoms. The van der Waals surface area contributed by atoms with Crippen molar-refractivity contribution in [1.29, 1.82) is 5.26 Å². The lowest BCUT2D eigenvalue weighted by Crippen LogP contribution is -2.34. The molecule has 0 saturated heterocycles. The summed E-state index contributed by atoms with van der Waals surface area (Å²) in [7, 11) is 1.27. The number of hydrogen-bond donors (Lipinski definition) is 2. The highest BCUT2D eigenvalue weighted by molar-refractivity contribution is 7.80. The molecule has 134 valence electrons. The number of nitriles is 1. The average molecular weight is 387 g/mol. The Morgan fingerprint density at radius 2 is 1.96 bits per heavy atom. The van der Waals surface area contributed by atoms with E-state index < -0.39 is 5.97 Å². The predicted molar refractivity (Wildman–Crippen MR) is 105 cm³/mol. The van der Waals surface area contributed by atoms with Crippen LogP contribution in [0.4, 0.5) is 5.00 Å². The Hall–Kier alpha value is -2.76. The van der Waals surface area contributed by atoms with Gasteiger partial charge in [-0.1, -0.05) is 17.7 Å². The highest BCUT2D eigenvalue weighted by Gasteiger charge is 2.21. The van der Waals surface area contributed by atoms with Gasteiger partial charge in [-0.3, -0.25) is 10.1 Å². The highest BCUT2D eigenvalue weighted by Crippen LogP contribution is 2.32. The summed E-state index contributed by atoms with van der Waals surface area (Å²) in [6.07, 6.45) is 0. The first-order chi connectivity index (χ1) is 12.3. The number of rotatable bonds is 3. The van der Waals surface area contributed by atoms with Gasteiger partial charge >= 0.3 is 5.97 Å². The van der Waals surface area contributed by atoms with Gasteiger partial charge in [-0.25, -0.2) is 4.79 Å². The summed E-state index contributed by atoms with van der Waals surface area (Å²) in [5, 5.41) is 15.2. The van der Waals surface area contributed by atoms with Crippen LogP contribution in [0.25, 0.3) is 0 Å². The van der Waals surface area contributed by atoms with E-state index in [1.165, 1.54) is 7.11 Å². The molecule has 0 aliphatic heterocycles. The number of methoxy groups -OCH3 is 1. The van der Waals surface area contributed by atoms with Crippen molar-refractivity contribution < 1.29 is 14.3 Å². The van der Waals surface area contributed by atoms with Crippen molar-refractivity contribution in [2.24, 2.45) is 0 Å². The van der Waals surface area contributed by atoms with Gasteiger partial charge in [-0.2, -0.15) is 5.26 Å². The largest absolute Gasteiger partial charge is 0.465 e. The number of anilines is 1. The van der Waals surface area contributed by atoms with E-state index in [4.69, 9.17) is 17.0 Å². The number of esters is 1. The van der Waals surface area contributed by atoms with Crippen LogP contribution in [0, 0.1) is 32.1 Å². The lowest BCUT2D eigenvalue weighted by atomic mass is 10.1. The Labute approximate surface area is 160 Å². The summed E-state index contributed by atoms with van der Waals surface area (Å²) in [5.74, 6) is -0.873. The number of thiocarbonyl (C=S) groups is 1. The van der Waals surface area contributed by atoms with E-state index in [-0.39, 0.29) is 11.0 Å². The quantitative estimate of drug-likeness (QED) is 0.619. The summed E-state index contributed by atoms with van der Waals surface area (Å²) < 4.78 is 4.71. The van der Waals surface area contributed by atoms with Gasteiger partial charge in [0.15, 0.2) is 5.11 Å². The minimum Gasteiger partial charge on any atom is -0.465 e. The molecule has 0 atom stereocenters. The number of amides is 1. The van der Waals surface area contributed by atoms with Crippen LogP contribution in [-0.4, -0.2) is 24.1 Å². The third-order valence-electron chi connectivity index (χ3n) is 3.71. The molecule has 0 saturated carbocycles. The van der Waals surface area contributed by atoms with Gasteiger partial charge in [0.1, 0.15) is 15.9 Å². The monoisotopic (exact) mass is 387 g/mol. The van der Waals surface area contributed by atoms with Crippen molar-refractivity contribution in [3.8, 4) is 6.07 Å². The third-order valence-corrected chi connectivity index (χ3v) is 5.10. The van der Waals surface area contributed by atoms with E-state index in [1.807, 2.05) is 32.0 Å². The zero-order chi connectivity index (χ0) is 19.4. The average Bonchev–Trinajstić information content (AvgIpc) is 2.89. The lowest BCUT2D eigenvalue weighted by Gasteiger charge is -2.10. The molecule has 2 aromatic rings. The number of carbonyl (C=O) groups is 2. The van der Waals surface area contributed by atoms with Gasteiger partial charge in [-0.05, 0) is 50.2 Å². The van der Waals surface area contributed by atoms with Crippen LogP contribution in [-0.2, 0) is 4.74 Å². The van der Waals surface area contributed by atoms with Crippen LogP contribution < -0.4 is 10.6 Å². The van der Waals surface area contributed by atoms with Gasteiger partial charge in [-0.15, -0.1) is 11.3 Å². The number of carbonyl (C=O) groups excluding carboxylic acids is 2. The Balaban J connectivity index is 2.19. The number of nitrogens with one attached hydrogen (secondary N) is 2. The third kappa shape index (κ3) is 4.07. The van der Waals surface area contributed by atoms with Crippen LogP contribution in [0.1, 0.15) is 42.3 Å². The van der Waals surface area contributed by atoms with Crippen molar-refractivity contribution in [3.63, 3.8) is 0 Å². The molecule has 8 heteroatoms. The Bertz CT molecular complexity index is 942. The molecule has 1 aromatic heterocycles. The van der Waals surface area contributed by atoms with Crippen LogP contribution in [0.5, 0.6) is 0 Å². The smallest absolute Gasteiger partial charge is 0.348 e. The number of hydrogen-bond acceptors (Lipinski definition) is 6. The maximum atomic E-state index is 12.4. The fraction of sp³-hybridized carbons (Fsp3) is 0.222.